The van der Waals surface area contributed by atoms with E-state index in [9.17, 15) is 10.1 Å². The van der Waals surface area contributed by atoms with Crippen LogP contribution in [0.5, 0.6) is 0 Å². The first-order valence-corrected chi connectivity index (χ1v) is 6.34. The summed E-state index contributed by atoms with van der Waals surface area (Å²) in [7, 11) is 1.75. The lowest BCUT2D eigenvalue weighted by atomic mass is 10.4. The molecule has 0 aromatic carbocycles. The summed E-state index contributed by atoms with van der Waals surface area (Å²) in [6.07, 6.45) is 3.38. The van der Waals surface area contributed by atoms with Crippen LogP contribution in [0.4, 0.5) is 5.69 Å². The molecule has 0 N–H and O–H groups in total. The number of nitro groups is 1. The molecule has 2 aromatic heterocycles. The topological polar surface area (TPSA) is 73.8 Å². The van der Waals surface area contributed by atoms with Gasteiger partial charge in [0.05, 0.1) is 16.8 Å². The molecular weight excluding hydrogens is 248 g/mol. The van der Waals surface area contributed by atoms with E-state index in [0.29, 0.717) is 10.7 Å². The van der Waals surface area contributed by atoms with Crippen molar-refractivity contribution >= 4 is 28.8 Å². The van der Waals surface area contributed by atoms with Gasteiger partial charge in [0.2, 0.25) is 0 Å². The minimum Gasteiger partial charge on any atom is -0.342 e. The van der Waals surface area contributed by atoms with Crippen molar-refractivity contribution in [3.05, 3.63) is 22.4 Å². The van der Waals surface area contributed by atoms with E-state index in [1.54, 1.807) is 11.6 Å². The maximum Gasteiger partial charge on any atom is 0.287 e. The van der Waals surface area contributed by atoms with Crippen molar-refractivity contribution in [1.82, 2.24) is 14.8 Å². The highest BCUT2D eigenvalue weighted by Gasteiger charge is 2.16. The van der Waals surface area contributed by atoms with Crippen molar-refractivity contribution in [1.29, 1.82) is 0 Å². The Morgan fingerprint density at radius 3 is 2.81 bits per heavy atom. The molecule has 0 atom stereocenters. The van der Waals surface area contributed by atoms with Gasteiger partial charge in [0.25, 0.3) is 5.69 Å². The molecule has 8 heteroatoms. The Hall–Kier alpha value is -1.41. The maximum atomic E-state index is 10.6. The second-order valence-electron chi connectivity index (χ2n) is 3.03. The van der Waals surface area contributed by atoms with E-state index < -0.39 is 4.92 Å². The number of rotatable bonds is 3. The van der Waals surface area contributed by atoms with E-state index in [1.807, 2.05) is 6.26 Å². The summed E-state index contributed by atoms with van der Waals surface area (Å²) in [6.45, 7) is 0. The minimum atomic E-state index is -0.417. The van der Waals surface area contributed by atoms with Crippen LogP contribution in [0.2, 0.25) is 0 Å². The largest absolute Gasteiger partial charge is 0.342 e. The van der Waals surface area contributed by atoms with Crippen molar-refractivity contribution in [3.8, 4) is 10.7 Å². The van der Waals surface area contributed by atoms with Crippen molar-refractivity contribution in [2.75, 3.05) is 6.26 Å². The Bertz CT molecular complexity index is 534. The summed E-state index contributed by atoms with van der Waals surface area (Å²) in [5.74, 6) is 0. The number of nitrogens with zero attached hydrogens (tertiary/aromatic N) is 4. The third-order valence-electron chi connectivity index (χ3n) is 2.00. The van der Waals surface area contributed by atoms with E-state index in [4.69, 9.17) is 0 Å². The summed E-state index contributed by atoms with van der Waals surface area (Å²) in [6, 6.07) is 1.50. The van der Waals surface area contributed by atoms with Crippen LogP contribution in [0.25, 0.3) is 10.7 Å². The lowest BCUT2D eigenvalue weighted by Gasteiger charge is -1.94. The SMILES string of the molecule is CSc1nnc(-c2cc([N+](=O)[O-])cn2C)s1. The highest BCUT2D eigenvalue weighted by molar-refractivity contribution is 8.00. The average molecular weight is 256 g/mol. The van der Waals surface area contributed by atoms with Crippen molar-refractivity contribution in [3.63, 3.8) is 0 Å². The van der Waals surface area contributed by atoms with E-state index in [1.165, 1.54) is 35.4 Å². The lowest BCUT2D eigenvalue weighted by Crippen LogP contribution is -1.88. The predicted molar refractivity (Wildman–Crippen MR) is 62.8 cm³/mol. The van der Waals surface area contributed by atoms with Gasteiger partial charge in [0.1, 0.15) is 0 Å². The molecule has 0 spiro atoms. The minimum absolute atomic E-state index is 0.0680. The van der Waals surface area contributed by atoms with Crippen LogP contribution in [0.15, 0.2) is 16.6 Å². The molecule has 0 aliphatic rings. The van der Waals surface area contributed by atoms with E-state index in [2.05, 4.69) is 10.2 Å². The number of thioether (sulfide) groups is 1. The first-order chi connectivity index (χ1) is 7.61. The van der Waals surface area contributed by atoms with Crippen molar-refractivity contribution in [2.24, 2.45) is 7.05 Å². The summed E-state index contributed by atoms with van der Waals surface area (Å²) in [4.78, 5) is 10.2. The van der Waals surface area contributed by atoms with Crippen LogP contribution in [0, 0.1) is 10.1 Å². The van der Waals surface area contributed by atoms with Gasteiger partial charge < -0.3 is 4.57 Å². The van der Waals surface area contributed by atoms with E-state index in [0.717, 1.165) is 4.34 Å². The van der Waals surface area contributed by atoms with Crippen LogP contribution in [-0.4, -0.2) is 25.9 Å². The fourth-order valence-corrected chi connectivity index (χ4v) is 2.58. The van der Waals surface area contributed by atoms with Crippen molar-refractivity contribution in [2.45, 2.75) is 4.34 Å². The predicted octanol–water partition coefficient (Wildman–Crippen LogP) is 2.17. The van der Waals surface area contributed by atoms with Gasteiger partial charge in [-0.1, -0.05) is 23.1 Å². The third kappa shape index (κ3) is 1.93. The Labute approximate surface area is 99.5 Å². The maximum absolute atomic E-state index is 10.6. The standard InChI is InChI=1S/C8H8N4O2S2/c1-11-4-5(12(13)14)3-6(11)7-9-10-8(15-2)16-7/h3-4H,1-2H3. The Kier molecular flexibility index (Phi) is 2.92. The smallest absolute Gasteiger partial charge is 0.287 e. The van der Waals surface area contributed by atoms with Crippen LogP contribution in [-0.2, 0) is 7.05 Å². The number of aromatic nitrogens is 3. The van der Waals surface area contributed by atoms with Crippen LogP contribution >= 0.6 is 23.1 Å². The third-order valence-corrected chi connectivity index (χ3v) is 3.92. The highest BCUT2D eigenvalue weighted by Crippen LogP contribution is 2.30. The second-order valence-corrected chi connectivity index (χ2v) is 5.06. The summed E-state index contributed by atoms with van der Waals surface area (Å²) in [5.41, 5.74) is 0.780. The molecule has 0 amide bonds. The van der Waals surface area contributed by atoms with Gasteiger partial charge in [-0.15, -0.1) is 10.2 Å². The van der Waals surface area contributed by atoms with Gasteiger partial charge in [-0.3, -0.25) is 10.1 Å². The monoisotopic (exact) mass is 256 g/mol. The molecule has 6 nitrogen and oxygen atoms in total. The molecule has 0 bridgehead atoms. The van der Waals surface area contributed by atoms with E-state index in [-0.39, 0.29) is 5.69 Å². The number of aryl methyl sites for hydroxylation is 1. The molecule has 0 unspecified atom stereocenters. The quantitative estimate of drug-likeness (QED) is 0.478. The Morgan fingerprint density at radius 1 is 1.56 bits per heavy atom. The molecule has 0 radical (unpaired) electrons. The first-order valence-electron chi connectivity index (χ1n) is 4.30. The average Bonchev–Trinajstić information content (AvgIpc) is 2.83. The van der Waals surface area contributed by atoms with Gasteiger partial charge in [-0.2, -0.15) is 0 Å². The lowest BCUT2D eigenvalue weighted by molar-refractivity contribution is -0.384. The highest BCUT2D eigenvalue weighted by atomic mass is 32.2. The molecule has 16 heavy (non-hydrogen) atoms. The Morgan fingerprint density at radius 2 is 2.31 bits per heavy atom. The molecule has 0 saturated carbocycles. The summed E-state index contributed by atoms with van der Waals surface area (Å²) >= 11 is 2.93. The van der Waals surface area contributed by atoms with Gasteiger partial charge in [0.15, 0.2) is 9.35 Å². The second kappa shape index (κ2) is 4.22. The zero-order chi connectivity index (χ0) is 11.7. The molecule has 0 aliphatic heterocycles. The zero-order valence-corrected chi connectivity index (χ0v) is 10.2. The van der Waals surface area contributed by atoms with Crippen LogP contribution in [0.3, 0.4) is 0 Å². The first kappa shape index (κ1) is 11.1. The fourth-order valence-electron chi connectivity index (χ4n) is 1.26. The normalized spacial score (nSPS) is 10.6. The van der Waals surface area contributed by atoms with Crippen molar-refractivity contribution < 1.29 is 4.92 Å². The summed E-state index contributed by atoms with van der Waals surface area (Å²) in [5, 5.41) is 19.3. The van der Waals surface area contributed by atoms with E-state index >= 15 is 0 Å². The molecule has 0 fully saturated rings. The van der Waals surface area contributed by atoms with Gasteiger partial charge in [-0.25, -0.2) is 0 Å². The molecule has 2 rings (SSSR count). The van der Waals surface area contributed by atoms with Gasteiger partial charge in [-0.05, 0) is 6.26 Å². The molecular formula is C8H8N4O2S2. The fraction of sp³-hybridized carbons (Fsp3) is 0.250. The number of hydrogen-bond acceptors (Lipinski definition) is 6. The van der Waals surface area contributed by atoms with Crippen LogP contribution in [0.1, 0.15) is 0 Å². The van der Waals surface area contributed by atoms with Gasteiger partial charge in [0, 0.05) is 13.1 Å². The number of hydrogen-bond donors (Lipinski definition) is 0. The molecule has 2 aromatic rings. The molecule has 0 aliphatic carbocycles. The van der Waals surface area contributed by atoms with Gasteiger partial charge >= 0.3 is 0 Å². The molecule has 84 valence electrons. The Balaban J connectivity index is 2.43. The zero-order valence-electron chi connectivity index (χ0n) is 8.58. The molecule has 0 saturated heterocycles. The van der Waals surface area contributed by atoms with Crippen LogP contribution < -0.4 is 0 Å². The summed E-state index contributed by atoms with van der Waals surface area (Å²) < 4.78 is 2.53. The molecule has 2 heterocycles.